The number of ether oxygens (including phenoxy) is 1. The number of amides is 1. The van der Waals surface area contributed by atoms with Crippen molar-refractivity contribution in [3.05, 3.63) is 0 Å². The van der Waals surface area contributed by atoms with Gasteiger partial charge in [0.25, 0.3) is 0 Å². The van der Waals surface area contributed by atoms with Gasteiger partial charge in [0.05, 0.1) is 19.6 Å². The third-order valence-corrected chi connectivity index (χ3v) is 5.49. The predicted molar refractivity (Wildman–Crippen MR) is 73.6 cm³/mol. The number of carbonyl (C=O) groups excluding carboxylic acids is 2. The van der Waals surface area contributed by atoms with Crippen molar-refractivity contribution in [2.75, 3.05) is 7.11 Å². The van der Waals surface area contributed by atoms with Crippen LogP contribution in [0.15, 0.2) is 0 Å². The Kier molecular flexibility index (Phi) is 3.71. The number of esters is 1. The highest BCUT2D eigenvalue weighted by Gasteiger charge is 2.48. The zero-order valence-electron chi connectivity index (χ0n) is 12.0. The first-order valence-corrected chi connectivity index (χ1v) is 7.69. The second-order valence-corrected chi connectivity index (χ2v) is 6.85. The largest absolute Gasteiger partial charge is 0.469 e. The van der Waals surface area contributed by atoms with Gasteiger partial charge in [-0.3, -0.25) is 9.59 Å². The molecule has 0 saturated heterocycles. The summed E-state index contributed by atoms with van der Waals surface area (Å²) in [4.78, 5) is 23.3. The Bertz CT molecular complexity index is 382. The zero-order valence-corrected chi connectivity index (χ0v) is 12.0. The number of carbonyl (C=O) groups is 2. The Morgan fingerprint density at radius 1 is 1.15 bits per heavy atom. The van der Waals surface area contributed by atoms with Gasteiger partial charge in [0.1, 0.15) is 0 Å². The molecule has 3 N–H and O–H groups in total. The molecule has 0 heterocycles. The minimum Gasteiger partial charge on any atom is -0.469 e. The van der Waals surface area contributed by atoms with Crippen LogP contribution in [-0.4, -0.2) is 31.1 Å². The quantitative estimate of drug-likeness (QED) is 0.747. The highest BCUT2D eigenvalue weighted by Crippen LogP contribution is 2.53. The molecule has 4 fully saturated rings. The van der Waals surface area contributed by atoms with Crippen LogP contribution in [0.4, 0.5) is 0 Å². The third kappa shape index (κ3) is 2.55. The highest BCUT2D eigenvalue weighted by molar-refractivity contribution is 5.86. The van der Waals surface area contributed by atoms with E-state index in [2.05, 4.69) is 10.1 Å². The van der Waals surface area contributed by atoms with Crippen LogP contribution in [0.3, 0.4) is 0 Å². The molecule has 4 aliphatic carbocycles. The van der Waals surface area contributed by atoms with E-state index in [1.165, 1.54) is 39.2 Å². The van der Waals surface area contributed by atoms with Crippen LogP contribution < -0.4 is 11.1 Å². The summed E-state index contributed by atoms with van der Waals surface area (Å²) in [6.45, 7) is 0. The van der Waals surface area contributed by atoms with Gasteiger partial charge in [0, 0.05) is 6.04 Å². The van der Waals surface area contributed by atoms with Crippen LogP contribution in [0.2, 0.25) is 0 Å². The number of hydrogen-bond acceptors (Lipinski definition) is 4. The van der Waals surface area contributed by atoms with Gasteiger partial charge in [-0.05, 0) is 55.8 Å². The van der Waals surface area contributed by atoms with E-state index in [1.54, 1.807) is 0 Å². The van der Waals surface area contributed by atoms with Crippen molar-refractivity contribution in [1.82, 2.24) is 5.32 Å². The van der Waals surface area contributed by atoms with Gasteiger partial charge in [-0.15, -0.1) is 0 Å². The minimum atomic E-state index is -0.792. The van der Waals surface area contributed by atoms with Gasteiger partial charge in [-0.1, -0.05) is 0 Å². The van der Waals surface area contributed by atoms with Crippen molar-refractivity contribution in [2.45, 2.75) is 50.6 Å². The van der Waals surface area contributed by atoms with Crippen molar-refractivity contribution in [3.8, 4) is 0 Å². The molecule has 0 radical (unpaired) electrons. The smallest absolute Gasteiger partial charge is 0.307 e. The van der Waals surface area contributed by atoms with Gasteiger partial charge >= 0.3 is 5.97 Å². The maximum atomic E-state index is 12.1. The summed E-state index contributed by atoms with van der Waals surface area (Å²) in [7, 11) is 1.31. The number of hydrogen-bond donors (Lipinski definition) is 2. The molecule has 20 heavy (non-hydrogen) atoms. The summed E-state index contributed by atoms with van der Waals surface area (Å²) in [6, 6.07) is -0.515. The minimum absolute atomic E-state index is 0.0460. The summed E-state index contributed by atoms with van der Waals surface area (Å²) < 4.78 is 4.56. The molecular weight excluding hydrogens is 256 g/mol. The lowest BCUT2D eigenvalue weighted by Gasteiger charge is -2.54. The molecule has 4 rings (SSSR count). The summed E-state index contributed by atoms with van der Waals surface area (Å²) >= 11 is 0. The summed E-state index contributed by atoms with van der Waals surface area (Å²) in [5, 5.41) is 3.12. The Morgan fingerprint density at radius 2 is 1.70 bits per heavy atom. The maximum Gasteiger partial charge on any atom is 0.307 e. The first-order valence-electron chi connectivity index (χ1n) is 7.69. The number of methoxy groups -OCH3 is 1. The standard InChI is InChI=1S/C15H24N2O3/c1-20-13(18)7-12(16)15(19)17-14-10-3-8-2-9(5-10)6-11(14)4-8/h8-12,14H,2-7,16H2,1H3,(H,17,19)/t8?,9?,10?,11?,12-,14?/m0/s1. The molecule has 4 aliphatic rings. The van der Waals surface area contributed by atoms with Crippen LogP contribution in [-0.2, 0) is 14.3 Å². The van der Waals surface area contributed by atoms with E-state index >= 15 is 0 Å². The number of rotatable bonds is 4. The fourth-order valence-corrected chi connectivity index (χ4v) is 4.79. The molecule has 0 aromatic rings. The van der Waals surface area contributed by atoms with E-state index in [9.17, 15) is 9.59 Å². The van der Waals surface area contributed by atoms with Gasteiger partial charge < -0.3 is 15.8 Å². The van der Waals surface area contributed by atoms with Crippen molar-refractivity contribution in [3.63, 3.8) is 0 Å². The monoisotopic (exact) mass is 280 g/mol. The normalized spacial score (nSPS) is 39.4. The van der Waals surface area contributed by atoms with Crippen molar-refractivity contribution in [2.24, 2.45) is 29.4 Å². The molecule has 0 aliphatic heterocycles. The molecule has 1 atom stereocenters. The van der Waals surface area contributed by atoms with Gasteiger partial charge in [0.15, 0.2) is 0 Å². The van der Waals surface area contributed by atoms with Crippen LogP contribution in [0, 0.1) is 23.7 Å². The average molecular weight is 280 g/mol. The fraction of sp³-hybridized carbons (Fsp3) is 0.867. The van der Waals surface area contributed by atoms with Crippen molar-refractivity contribution in [1.29, 1.82) is 0 Å². The second kappa shape index (κ2) is 5.35. The average Bonchev–Trinajstić information content (AvgIpc) is 2.41. The van der Waals surface area contributed by atoms with Crippen LogP contribution >= 0.6 is 0 Å². The first kappa shape index (κ1) is 13.9. The Morgan fingerprint density at radius 3 is 2.20 bits per heavy atom. The molecule has 0 aromatic heterocycles. The lowest BCUT2D eigenvalue weighted by atomic mass is 9.54. The van der Waals surface area contributed by atoms with Gasteiger partial charge in [-0.25, -0.2) is 0 Å². The fourth-order valence-electron chi connectivity index (χ4n) is 4.79. The lowest BCUT2D eigenvalue weighted by molar-refractivity contribution is -0.143. The Hall–Kier alpha value is -1.10. The van der Waals surface area contributed by atoms with Crippen LogP contribution in [0.5, 0.6) is 0 Å². The third-order valence-electron chi connectivity index (χ3n) is 5.49. The summed E-state index contributed by atoms with van der Waals surface area (Å²) in [5.74, 6) is 2.38. The lowest BCUT2D eigenvalue weighted by Crippen LogP contribution is -2.58. The van der Waals surface area contributed by atoms with Gasteiger partial charge in [0.2, 0.25) is 5.91 Å². The molecular formula is C15H24N2O3. The molecule has 1 amide bonds. The molecule has 4 saturated carbocycles. The highest BCUT2D eigenvalue weighted by atomic mass is 16.5. The van der Waals surface area contributed by atoms with Gasteiger partial charge in [-0.2, -0.15) is 0 Å². The molecule has 4 bridgehead atoms. The topological polar surface area (TPSA) is 81.4 Å². The molecule has 0 unspecified atom stereocenters. The Balaban J connectivity index is 1.58. The van der Waals surface area contributed by atoms with Crippen molar-refractivity contribution >= 4 is 11.9 Å². The van der Waals surface area contributed by atoms with E-state index in [1.807, 2.05) is 0 Å². The zero-order chi connectivity index (χ0) is 14.3. The predicted octanol–water partition coefficient (Wildman–Crippen LogP) is 0.818. The molecule has 5 nitrogen and oxygen atoms in total. The number of nitrogens with two attached hydrogens (primary N) is 1. The molecule has 0 aromatic carbocycles. The van der Waals surface area contributed by atoms with Crippen molar-refractivity contribution < 1.29 is 14.3 Å². The van der Waals surface area contributed by atoms with Crippen LogP contribution in [0.25, 0.3) is 0 Å². The van der Waals surface area contributed by atoms with E-state index in [0.717, 1.165) is 11.8 Å². The SMILES string of the molecule is COC(=O)C[C@H](N)C(=O)NC1C2CC3CC(C2)CC1C3. The second-order valence-electron chi connectivity index (χ2n) is 6.85. The summed E-state index contributed by atoms with van der Waals surface area (Å²) in [5.41, 5.74) is 5.78. The molecule has 112 valence electrons. The summed E-state index contributed by atoms with van der Waals surface area (Å²) in [6.07, 6.45) is 6.37. The molecule has 0 spiro atoms. The Labute approximate surface area is 119 Å². The van der Waals surface area contributed by atoms with E-state index in [4.69, 9.17) is 5.73 Å². The van der Waals surface area contributed by atoms with E-state index in [-0.39, 0.29) is 18.4 Å². The van der Waals surface area contributed by atoms with Crippen LogP contribution in [0.1, 0.15) is 38.5 Å². The first-order chi connectivity index (χ1) is 9.56. The maximum absolute atomic E-state index is 12.1. The molecule has 5 heteroatoms. The number of nitrogens with one attached hydrogen (secondary N) is 1. The van der Waals surface area contributed by atoms with E-state index in [0.29, 0.717) is 11.8 Å². The van der Waals surface area contributed by atoms with E-state index < -0.39 is 12.0 Å².